The summed E-state index contributed by atoms with van der Waals surface area (Å²) in [6.07, 6.45) is -1.00. The highest BCUT2D eigenvalue weighted by molar-refractivity contribution is 5.91. The van der Waals surface area contributed by atoms with Crippen LogP contribution in [0.2, 0.25) is 0 Å². The van der Waals surface area contributed by atoms with Crippen molar-refractivity contribution >= 4 is 17.9 Å². The lowest BCUT2D eigenvalue weighted by Crippen LogP contribution is -2.14. The number of carboxylic acid groups (broad SMARTS) is 2. The number of carbonyl (C=O) groups excluding carboxylic acids is 1. The van der Waals surface area contributed by atoms with Gasteiger partial charge in [-0.15, -0.1) is 0 Å². The number of methoxy groups -OCH3 is 1. The van der Waals surface area contributed by atoms with Gasteiger partial charge in [-0.25, -0.2) is 4.79 Å². The average Bonchev–Trinajstić information content (AvgIpc) is 2.26. The van der Waals surface area contributed by atoms with Crippen LogP contribution in [0.15, 0.2) is 11.1 Å². The van der Waals surface area contributed by atoms with Crippen molar-refractivity contribution in [1.82, 2.24) is 0 Å². The van der Waals surface area contributed by atoms with Crippen molar-refractivity contribution in [3.63, 3.8) is 0 Å². The molecule has 0 aliphatic rings. The molecule has 0 unspecified atom stereocenters. The van der Waals surface area contributed by atoms with Crippen molar-refractivity contribution < 1.29 is 34.1 Å². The van der Waals surface area contributed by atoms with Gasteiger partial charge in [-0.2, -0.15) is 0 Å². The molecule has 0 aliphatic carbocycles. The second-order valence-corrected chi connectivity index (χ2v) is 3.50. The van der Waals surface area contributed by atoms with Crippen molar-refractivity contribution in [2.45, 2.75) is 19.8 Å². The highest BCUT2D eigenvalue weighted by atomic mass is 16.6. The number of esters is 1. The molecule has 0 bridgehead atoms. The Balaban J connectivity index is 4.76. The van der Waals surface area contributed by atoms with Gasteiger partial charge in [0.25, 0.3) is 0 Å². The Morgan fingerprint density at radius 3 is 1.89 bits per heavy atom. The number of carboxylic acids is 2. The first-order valence-electron chi connectivity index (χ1n) is 5.16. The van der Waals surface area contributed by atoms with Crippen molar-refractivity contribution in [3.8, 4) is 0 Å². The van der Waals surface area contributed by atoms with E-state index in [1.807, 2.05) is 0 Å². The lowest BCUT2D eigenvalue weighted by atomic mass is 10.0. The topological polar surface area (TPSA) is 110 Å². The van der Waals surface area contributed by atoms with Gasteiger partial charge in [0.05, 0.1) is 19.4 Å². The van der Waals surface area contributed by atoms with Gasteiger partial charge >= 0.3 is 17.9 Å². The quantitative estimate of drug-likeness (QED) is 0.370. The van der Waals surface area contributed by atoms with Crippen LogP contribution < -0.4 is 0 Å². The second-order valence-electron chi connectivity index (χ2n) is 3.50. The van der Waals surface area contributed by atoms with Crippen LogP contribution in [-0.2, 0) is 23.9 Å². The second kappa shape index (κ2) is 8.24. The van der Waals surface area contributed by atoms with E-state index in [1.165, 1.54) is 14.0 Å². The molecule has 0 spiro atoms. The van der Waals surface area contributed by atoms with Crippen molar-refractivity contribution in [3.05, 3.63) is 11.1 Å². The van der Waals surface area contributed by atoms with E-state index in [9.17, 15) is 14.4 Å². The highest BCUT2D eigenvalue weighted by Gasteiger charge is 2.17. The minimum Gasteiger partial charge on any atom is -0.481 e. The molecule has 0 fully saturated rings. The minimum atomic E-state index is -1.20. The predicted molar refractivity (Wildman–Crippen MR) is 60.0 cm³/mol. The Morgan fingerprint density at radius 2 is 1.50 bits per heavy atom. The Morgan fingerprint density at radius 1 is 1.00 bits per heavy atom. The first-order chi connectivity index (χ1) is 8.38. The summed E-state index contributed by atoms with van der Waals surface area (Å²) in [6.45, 7) is 1.59. The monoisotopic (exact) mass is 260 g/mol. The minimum absolute atomic E-state index is 0.0101. The summed E-state index contributed by atoms with van der Waals surface area (Å²) < 4.78 is 9.46. The van der Waals surface area contributed by atoms with Crippen LogP contribution in [0.1, 0.15) is 19.8 Å². The van der Waals surface area contributed by atoms with E-state index in [0.29, 0.717) is 0 Å². The summed E-state index contributed by atoms with van der Waals surface area (Å²) >= 11 is 0. The van der Waals surface area contributed by atoms with E-state index in [1.54, 1.807) is 0 Å². The van der Waals surface area contributed by atoms with Crippen LogP contribution in [0.25, 0.3) is 0 Å². The Kier molecular flexibility index (Phi) is 7.37. The molecule has 7 nitrogen and oxygen atoms in total. The highest BCUT2D eigenvalue weighted by Crippen LogP contribution is 2.15. The molecule has 7 heteroatoms. The number of rotatable bonds is 8. The standard InChI is InChI=1S/C11H16O7/c1-7(11(16)18-4-3-17-2)8(5-9(12)13)6-10(14)15/h3-6H2,1-2H3,(H,12,13)(H,14,15). The zero-order valence-electron chi connectivity index (χ0n) is 10.3. The molecule has 102 valence electrons. The number of hydrogen-bond donors (Lipinski definition) is 2. The molecule has 0 amide bonds. The van der Waals surface area contributed by atoms with Gasteiger partial charge in [0.15, 0.2) is 0 Å². The first-order valence-corrected chi connectivity index (χ1v) is 5.16. The normalized spacial score (nSPS) is 9.67. The Labute approximate surface area is 104 Å². The average molecular weight is 260 g/mol. The SMILES string of the molecule is COCCOC(=O)C(C)=C(CC(=O)O)CC(=O)O. The number of ether oxygens (including phenoxy) is 2. The van der Waals surface area contributed by atoms with Gasteiger partial charge in [0.2, 0.25) is 0 Å². The van der Waals surface area contributed by atoms with E-state index in [4.69, 9.17) is 14.9 Å². The fourth-order valence-corrected chi connectivity index (χ4v) is 1.16. The third kappa shape index (κ3) is 6.64. The third-order valence-corrected chi connectivity index (χ3v) is 2.09. The van der Waals surface area contributed by atoms with Crippen molar-refractivity contribution in [2.24, 2.45) is 0 Å². The fourth-order valence-electron chi connectivity index (χ4n) is 1.16. The molecule has 0 aromatic heterocycles. The molecule has 0 atom stereocenters. The van der Waals surface area contributed by atoms with Crippen molar-refractivity contribution in [1.29, 1.82) is 0 Å². The molecular formula is C11H16O7. The molecule has 0 aromatic rings. The van der Waals surface area contributed by atoms with E-state index >= 15 is 0 Å². The van der Waals surface area contributed by atoms with Gasteiger partial charge in [-0.3, -0.25) is 9.59 Å². The lowest BCUT2D eigenvalue weighted by Gasteiger charge is -2.08. The zero-order chi connectivity index (χ0) is 14.1. The van der Waals surface area contributed by atoms with Gasteiger partial charge in [-0.1, -0.05) is 0 Å². The molecule has 0 aliphatic heterocycles. The van der Waals surface area contributed by atoms with Crippen LogP contribution in [0.5, 0.6) is 0 Å². The first kappa shape index (κ1) is 16.1. The molecule has 0 heterocycles. The lowest BCUT2D eigenvalue weighted by molar-refractivity contribution is -0.140. The smallest absolute Gasteiger partial charge is 0.333 e. The molecule has 18 heavy (non-hydrogen) atoms. The summed E-state index contributed by atoms with van der Waals surface area (Å²) in [4.78, 5) is 32.7. The summed E-state index contributed by atoms with van der Waals surface area (Å²) in [6, 6.07) is 0. The van der Waals surface area contributed by atoms with Crippen LogP contribution in [0, 0.1) is 0 Å². The summed E-state index contributed by atoms with van der Waals surface area (Å²) in [5, 5.41) is 17.3. The molecular weight excluding hydrogens is 244 g/mol. The summed E-state index contributed by atoms with van der Waals surface area (Å²) in [7, 11) is 1.44. The van der Waals surface area contributed by atoms with Crippen LogP contribution in [0.4, 0.5) is 0 Å². The molecule has 2 N–H and O–H groups in total. The fraction of sp³-hybridized carbons (Fsp3) is 0.545. The maximum atomic E-state index is 11.5. The van der Waals surface area contributed by atoms with Gasteiger partial charge < -0.3 is 19.7 Å². The van der Waals surface area contributed by atoms with Gasteiger partial charge in [0.1, 0.15) is 6.61 Å². The van der Waals surface area contributed by atoms with E-state index in [0.717, 1.165) is 0 Å². The van der Waals surface area contributed by atoms with Crippen LogP contribution >= 0.6 is 0 Å². The largest absolute Gasteiger partial charge is 0.481 e. The van der Waals surface area contributed by atoms with Crippen molar-refractivity contribution in [2.75, 3.05) is 20.3 Å². The number of aliphatic carboxylic acids is 2. The molecule has 0 saturated carbocycles. The Bertz CT molecular complexity index is 338. The predicted octanol–water partition coefficient (Wildman–Crippen LogP) is 0.442. The van der Waals surface area contributed by atoms with E-state index < -0.39 is 30.7 Å². The maximum absolute atomic E-state index is 11.5. The van der Waals surface area contributed by atoms with E-state index in [2.05, 4.69) is 4.74 Å². The number of carbonyl (C=O) groups is 3. The zero-order valence-corrected chi connectivity index (χ0v) is 10.3. The van der Waals surface area contributed by atoms with Gasteiger partial charge in [-0.05, 0) is 12.5 Å². The van der Waals surface area contributed by atoms with Crippen LogP contribution in [-0.4, -0.2) is 48.4 Å². The number of hydrogen-bond acceptors (Lipinski definition) is 5. The Hall–Kier alpha value is -1.89. The van der Waals surface area contributed by atoms with E-state index in [-0.39, 0.29) is 24.4 Å². The molecule has 0 radical (unpaired) electrons. The molecule has 0 aromatic carbocycles. The van der Waals surface area contributed by atoms with Gasteiger partial charge in [0, 0.05) is 12.7 Å². The molecule has 0 saturated heterocycles. The van der Waals surface area contributed by atoms with Crippen LogP contribution in [0.3, 0.4) is 0 Å². The third-order valence-electron chi connectivity index (χ3n) is 2.09. The maximum Gasteiger partial charge on any atom is 0.333 e. The molecule has 0 rings (SSSR count). The summed E-state index contributed by atoms with van der Waals surface area (Å²) in [5.41, 5.74) is 0.0355. The summed E-state index contributed by atoms with van der Waals surface area (Å²) in [5.74, 6) is -3.13.